The molecule has 0 bridgehead atoms. The van der Waals surface area contributed by atoms with E-state index in [-0.39, 0.29) is 36.4 Å². The van der Waals surface area contributed by atoms with Gasteiger partial charge in [0.15, 0.2) is 0 Å². The maximum absolute atomic E-state index is 12.4. The molecular formula is C13H24N2O2S. The number of carbonyl (C=O) groups is 2. The number of hydrogen-bond acceptors (Lipinski definition) is 3. The zero-order chi connectivity index (χ0) is 13.7. The van der Waals surface area contributed by atoms with Gasteiger partial charge >= 0.3 is 0 Å². The SMILES string of the molecule is CCC(C)C1NC(=O)CN(C(CC)CSC)C1=O. The number of hydrogen-bond donors (Lipinski definition) is 1. The molecule has 1 rings (SSSR count). The third kappa shape index (κ3) is 3.40. The number of carbonyl (C=O) groups excluding carboxylic acids is 2. The molecule has 0 aromatic carbocycles. The van der Waals surface area contributed by atoms with Crippen molar-refractivity contribution in [3.63, 3.8) is 0 Å². The van der Waals surface area contributed by atoms with Crippen molar-refractivity contribution >= 4 is 23.6 Å². The molecule has 2 amide bonds. The number of nitrogens with zero attached hydrogens (tertiary/aromatic N) is 1. The van der Waals surface area contributed by atoms with E-state index in [1.807, 2.05) is 20.1 Å². The highest BCUT2D eigenvalue weighted by Gasteiger charge is 2.37. The van der Waals surface area contributed by atoms with Gasteiger partial charge in [-0.3, -0.25) is 9.59 Å². The minimum atomic E-state index is -0.341. The van der Waals surface area contributed by atoms with Crippen molar-refractivity contribution in [1.82, 2.24) is 10.2 Å². The van der Waals surface area contributed by atoms with Gasteiger partial charge in [-0.15, -0.1) is 0 Å². The van der Waals surface area contributed by atoms with Crippen molar-refractivity contribution in [2.75, 3.05) is 18.6 Å². The van der Waals surface area contributed by atoms with Crippen LogP contribution in [0.5, 0.6) is 0 Å². The van der Waals surface area contributed by atoms with Crippen molar-refractivity contribution in [1.29, 1.82) is 0 Å². The smallest absolute Gasteiger partial charge is 0.246 e. The highest BCUT2D eigenvalue weighted by atomic mass is 32.2. The number of thioether (sulfide) groups is 1. The zero-order valence-electron chi connectivity index (χ0n) is 11.7. The lowest BCUT2D eigenvalue weighted by molar-refractivity contribution is -0.147. The summed E-state index contributed by atoms with van der Waals surface area (Å²) in [5.74, 6) is 1.14. The summed E-state index contributed by atoms with van der Waals surface area (Å²) in [7, 11) is 0. The van der Waals surface area contributed by atoms with E-state index in [9.17, 15) is 9.59 Å². The van der Waals surface area contributed by atoms with Crippen LogP contribution in [0.3, 0.4) is 0 Å². The lowest BCUT2D eigenvalue weighted by Crippen LogP contribution is -2.62. The van der Waals surface area contributed by atoms with Gasteiger partial charge in [-0.2, -0.15) is 11.8 Å². The Balaban J connectivity index is 2.84. The lowest BCUT2D eigenvalue weighted by atomic mass is 9.95. The summed E-state index contributed by atoms with van der Waals surface area (Å²) in [6.45, 7) is 6.34. The van der Waals surface area contributed by atoms with Gasteiger partial charge in [-0.1, -0.05) is 27.2 Å². The Hall–Kier alpha value is -0.710. The van der Waals surface area contributed by atoms with Crippen LogP contribution in [0, 0.1) is 5.92 Å². The van der Waals surface area contributed by atoms with Crippen LogP contribution in [0.15, 0.2) is 0 Å². The van der Waals surface area contributed by atoms with Crippen molar-refractivity contribution < 1.29 is 9.59 Å². The molecule has 1 aliphatic rings. The Morgan fingerprint density at radius 3 is 2.56 bits per heavy atom. The van der Waals surface area contributed by atoms with Gasteiger partial charge in [0, 0.05) is 11.8 Å². The van der Waals surface area contributed by atoms with Gasteiger partial charge in [0.05, 0.1) is 6.54 Å². The van der Waals surface area contributed by atoms with Gasteiger partial charge in [0.1, 0.15) is 6.04 Å². The van der Waals surface area contributed by atoms with Crippen LogP contribution < -0.4 is 5.32 Å². The van der Waals surface area contributed by atoms with Crippen LogP contribution in [-0.2, 0) is 9.59 Å². The fourth-order valence-corrected chi connectivity index (χ4v) is 3.04. The highest BCUT2D eigenvalue weighted by molar-refractivity contribution is 7.98. The third-order valence-corrected chi connectivity index (χ3v) is 4.38. The van der Waals surface area contributed by atoms with E-state index >= 15 is 0 Å². The third-order valence-electron chi connectivity index (χ3n) is 3.66. The zero-order valence-corrected chi connectivity index (χ0v) is 12.5. The van der Waals surface area contributed by atoms with E-state index in [2.05, 4.69) is 12.2 Å². The average Bonchev–Trinajstić information content (AvgIpc) is 2.37. The molecule has 3 atom stereocenters. The van der Waals surface area contributed by atoms with E-state index in [0.717, 1.165) is 18.6 Å². The van der Waals surface area contributed by atoms with Gasteiger partial charge < -0.3 is 10.2 Å². The maximum Gasteiger partial charge on any atom is 0.246 e. The molecule has 5 heteroatoms. The molecule has 0 spiro atoms. The summed E-state index contributed by atoms with van der Waals surface area (Å²) in [4.78, 5) is 26.0. The molecule has 18 heavy (non-hydrogen) atoms. The minimum Gasteiger partial charge on any atom is -0.342 e. The van der Waals surface area contributed by atoms with Crippen molar-refractivity contribution in [3.05, 3.63) is 0 Å². The van der Waals surface area contributed by atoms with Crippen LogP contribution in [-0.4, -0.2) is 47.4 Å². The second-order valence-electron chi connectivity index (χ2n) is 4.91. The fraction of sp³-hybridized carbons (Fsp3) is 0.846. The molecule has 4 nitrogen and oxygen atoms in total. The van der Waals surface area contributed by atoms with Crippen LogP contribution in [0.1, 0.15) is 33.6 Å². The first kappa shape index (κ1) is 15.3. The molecule has 0 aromatic heterocycles. The number of rotatable bonds is 6. The summed E-state index contributed by atoms with van der Waals surface area (Å²) in [5, 5.41) is 2.83. The number of amides is 2. The Morgan fingerprint density at radius 2 is 2.06 bits per heavy atom. The first-order valence-electron chi connectivity index (χ1n) is 6.63. The first-order valence-corrected chi connectivity index (χ1v) is 8.03. The summed E-state index contributed by atoms with van der Waals surface area (Å²) in [6.07, 6.45) is 3.82. The van der Waals surface area contributed by atoms with Gasteiger partial charge in [0.2, 0.25) is 11.8 Å². The molecule has 0 aliphatic carbocycles. The van der Waals surface area contributed by atoms with Crippen molar-refractivity contribution in [2.24, 2.45) is 5.92 Å². The predicted molar refractivity (Wildman–Crippen MR) is 75.6 cm³/mol. The second kappa shape index (κ2) is 7.02. The second-order valence-corrected chi connectivity index (χ2v) is 5.82. The lowest BCUT2D eigenvalue weighted by Gasteiger charge is -2.39. The van der Waals surface area contributed by atoms with Crippen molar-refractivity contribution in [3.8, 4) is 0 Å². The summed E-state index contributed by atoms with van der Waals surface area (Å²) in [5.41, 5.74) is 0. The number of nitrogens with one attached hydrogen (secondary N) is 1. The standard InChI is InChI=1S/C13H24N2O2S/c1-5-9(3)12-13(17)15(7-11(16)14-12)10(6-2)8-18-4/h9-10,12H,5-8H2,1-4H3,(H,14,16). The molecule has 0 radical (unpaired) electrons. The average molecular weight is 272 g/mol. The van der Waals surface area contributed by atoms with Crippen LogP contribution >= 0.6 is 11.8 Å². The summed E-state index contributed by atoms with van der Waals surface area (Å²) < 4.78 is 0. The summed E-state index contributed by atoms with van der Waals surface area (Å²) in [6, 6.07) is -0.169. The molecular weight excluding hydrogens is 248 g/mol. The van der Waals surface area contributed by atoms with Crippen molar-refractivity contribution in [2.45, 2.75) is 45.7 Å². The van der Waals surface area contributed by atoms with Crippen LogP contribution in [0.4, 0.5) is 0 Å². The van der Waals surface area contributed by atoms with Gasteiger partial charge in [-0.25, -0.2) is 0 Å². The van der Waals surface area contributed by atoms with E-state index < -0.39 is 0 Å². The van der Waals surface area contributed by atoms with E-state index in [0.29, 0.717) is 0 Å². The van der Waals surface area contributed by atoms with E-state index in [4.69, 9.17) is 0 Å². The Labute approximate surface area is 114 Å². The Morgan fingerprint density at radius 1 is 1.39 bits per heavy atom. The Kier molecular flexibility index (Phi) is 5.99. The predicted octanol–water partition coefficient (Wildman–Crippen LogP) is 1.50. The molecule has 104 valence electrons. The molecule has 1 heterocycles. The van der Waals surface area contributed by atoms with E-state index in [1.165, 1.54) is 0 Å². The molecule has 1 aliphatic heterocycles. The molecule has 1 fully saturated rings. The molecule has 3 unspecified atom stereocenters. The molecule has 1 saturated heterocycles. The van der Waals surface area contributed by atoms with Crippen LogP contribution in [0.2, 0.25) is 0 Å². The highest BCUT2D eigenvalue weighted by Crippen LogP contribution is 2.19. The topological polar surface area (TPSA) is 49.4 Å². The first-order chi connectivity index (χ1) is 8.54. The Bertz CT molecular complexity index is 309. The molecule has 1 N–H and O–H groups in total. The quantitative estimate of drug-likeness (QED) is 0.797. The molecule has 0 saturated carbocycles. The van der Waals surface area contributed by atoms with Crippen LogP contribution in [0.25, 0.3) is 0 Å². The monoisotopic (exact) mass is 272 g/mol. The fourth-order valence-electron chi connectivity index (χ4n) is 2.24. The normalized spacial score (nSPS) is 23.8. The largest absolute Gasteiger partial charge is 0.342 e. The molecule has 0 aromatic rings. The minimum absolute atomic E-state index is 0.0283. The van der Waals surface area contributed by atoms with Gasteiger partial charge in [-0.05, 0) is 18.6 Å². The van der Waals surface area contributed by atoms with E-state index in [1.54, 1.807) is 16.7 Å². The van der Waals surface area contributed by atoms with Gasteiger partial charge in [0.25, 0.3) is 0 Å². The number of piperazine rings is 1. The maximum atomic E-state index is 12.4. The summed E-state index contributed by atoms with van der Waals surface area (Å²) >= 11 is 1.72.